The Balaban J connectivity index is 1.74. The highest BCUT2D eigenvalue weighted by Gasteiger charge is 2.35. The summed E-state index contributed by atoms with van der Waals surface area (Å²) in [5.41, 5.74) is 6.97. The van der Waals surface area contributed by atoms with E-state index in [2.05, 4.69) is 11.6 Å². The van der Waals surface area contributed by atoms with E-state index < -0.39 is 10.0 Å². The Kier molecular flexibility index (Phi) is 5.64. The van der Waals surface area contributed by atoms with E-state index >= 15 is 0 Å². The van der Waals surface area contributed by atoms with Crippen LogP contribution < -0.4 is 10.5 Å². The monoisotopic (exact) mass is 387 g/mol. The molecule has 3 rings (SSSR count). The van der Waals surface area contributed by atoms with E-state index in [-0.39, 0.29) is 22.8 Å². The van der Waals surface area contributed by atoms with Crippen molar-refractivity contribution >= 4 is 15.9 Å². The molecule has 3 N–H and O–H groups in total. The Bertz CT molecular complexity index is 915. The van der Waals surface area contributed by atoms with Crippen LogP contribution in [-0.4, -0.2) is 38.9 Å². The van der Waals surface area contributed by atoms with E-state index in [0.717, 1.165) is 12.0 Å². The summed E-state index contributed by atoms with van der Waals surface area (Å²) in [5, 5.41) is 0. The molecule has 1 aliphatic rings. The first kappa shape index (κ1) is 19.5. The van der Waals surface area contributed by atoms with Crippen molar-refractivity contribution in [3.63, 3.8) is 0 Å². The van der Waals surface area contributed by atoms with E-state index in [1.165, 1.54) is 12.1 Å². The van der Waals surface area contributed by atoms with Crippen LogP contribution in [-0.2, 0) is 16.6 Å². The molecule has 0 saturated carbocycles. The van der Waals surface area contributed by atoms with Crippen LogP contribution >= 0.6 is 0 Å². The number of sulfonamides is 1. The number of rotatable bonds is 6. The van der Waals surface area contributed by atoms with E-state index in [9.17, 15) is 13.2 Å². The van der Waals surface area contributed by atoms with Crippen molar-refractivity contribution in [3.8, 4) is 0 Å². The van der Waals surface area contributed by atoms with Gasteiger partial charge in [-0.25, -0.2) is 13.1 Å². The molecule has 27 heavy (non-hydrogen) atoms. The lowest BCUT2D eigenvalue weighted by molar-refractivity contribution is 0.0776. The van der Waals surface area contributed by atoms with Gasteiger partial charge in [0.05, 0.1) is 4.90 Å². The van der Waals surface area contributed by atoms with E-state index in [0.29, 0.717) is 25.2 Å². The first-order valence-corrected chi connectivity index (χ1v) is 10.4. The number of hydrogen-bond acceptors (Lipinski definition) is 4. The molecule has 144 valence electrons. The van der Waals surface area contributed by atoms with E-state index in [1.807, 2.05) is 30.3 Å². The fraction of sp³-hybridized carbons (Fsp3) is 0.350. The third kappa shape index (κ3) is 4.55. The van der Waals surface area contributed by atoms with Gasteiger partial charge < -0.3 is 10.6 Å². The number of carbonyl (C=O) groups is 1. The van der Waals surface area contributed by atoms with Crippen molar-refractivity contribution in [1.29, 1.82) is 0 Å². The zero-order valence-electron chi connectivity index (χ0n) is 15.4. The second kappa shape index (κ2) is 7.80. The van der Waals surface area contributed by atoms with E-state index in [1.54, 1.807) is 17.0 Å². The normalized spacial score (nSPS) is 20.0. The Hall–Kier alpha value is -2.22. The third-order valence-corrected chi connectivity index (χ3v) is 6.44. The van der Waals surface area contributed by atoms with Crippen LogP contribution in [0, 0.1) is 5.41 Å². The molecular weight excluding hydrogens is 362 g/mol. The highest BCUT2D eigenvalue weighted by atomic mass is 32.2. The lowest BCUT2D eigenvalue weighted by Gasteiger charge is -2.22. The Morgan fingerprint density at radius 3 is 2.59 bits per heavy atom. The summed E-state index contributed by atoms with van der Waals surface area (Å²) in [4.78, 5) is 14.6. The topological polar surface area (TPSA) is 92.5 Å². The smallest absolute Gasteiger partial charge is 0.253 e. The van der Waals surface area contributed by atoms with Gasteiger partial charge in [-0.1, -0.05) is 43.3 Å². The lowest BCUT2D eigenvalue weighted by atomic mass is 9.90. The van der Waals surface area contributed by atoms with Gasteiger partial charge in [-0.3, -0.25) is 4.79 Å². The second-order valence-corrected chi connectivity index (χ2v) is 9.10. The second-order valence-electron chi connectivity index (χ2n) is 7.33. The Morgan fingerprint density at radius 1 is 1.19 bits per heavy atom. The van der Waals surface area contributed by atoms with Crippen molar-refractivity contribution < 1.29 is 13.2 Å². The molecule has 0 radical (unpaired) electrons. The molecule has 0 aromatic heterocycles. The molecule has 1 saturated heterocycles. The van der Waals surface area contributed by atoms with Crippen LogP contribution in [0.25, 0.3) is 0 Å². The van der Waals surface area contributed by atoms with Crippen LogP contribution in [0.1, 0.15) is 29.3 Å². The van der Waals surface area contributed by atoms with Gasteiger partial charge in [0.1, 0.15) is 0 Å². The summed E-state index contributed by atoms with van der Waals surface area (Å²) in [6.45, 7) is 4.01. The van der Waals surface area contributed by atoms with Gasteiger partial charge in [-0.2, -0.15) is 0 Å². The average molecular weight is 388 g/mol. The van der Waals surface area contributed by atoms with Crippen LogP contribution in [0.15, 0.2) is 59.5 Å². The molecule has 0 bridgehead atoms. The molecule has 1 atom stereocenters. The summed E-state index contributed by atoms with van der Waals surface area (Å²) >= 11 is 0. The number of hydrogen-bond donors (Lipinski definition) is 2. The molecule has 0 spiro atoms. The van der Waals surface area contributed by atoms with Crippen LogP contribution in [0.3, 0.4) is 0 Å². The number of nitrogens with two attached hydrogens (primary N) is 1. The molecule has 2 aromatic carbocycles. The summed E-state index contributed by atoms with van der Waals surface area (Å²) < 4.78 is 27.8. The predicted molar refractivity (Wildman–Crippen MR) is 105 cm³/mol. The van der Waals surface area contributed by atoms with E-state index in [4.69, 9.17) is 5.73 Å². The minimum Gasteiger partial charge on any atom is -0.338 e. The molecule has 1 unspecified atom stereocenters. The van der Waals surface area contributed by atoms with Gasteiger partial charge in [-0.15, -0.1) is 0 Å². The largest absolute Gasteiger partial charge is 0.338 e. The number of nitrogens with zero attached hydrogens (tertiary/aromatic N) is 1. The maximum atomic E-state index is 12.8. The molecule has 1 fully saturated rings. The molecule has 6 nitrogen and oxygen atoms in total. The number of likely N-dealkylation sites (tertiary alicyclic amines) is 1. The number of benzene rings is 2. The first-order chi connectivity index (χ1) is 12.8. The summed E-state index contributed by atoms with van der Waals surface area (Å²) in [6.07, 6.45) is 0.853. The van der Waals surface area contributed by atoms with Gasteiger partial charge in [0, 0.05) is 25.2 Å². The number of amides is 1. The van der Waals surface area contributed by atoms with Gasteiger partial charge in [0.2, 0.25) is 10.0 Å². The highest BCUT2D eigenvalue weighted by Crippen LogP contribution is 2.29. The average Bonchev–Trinajstić information content (AvgIpc) is 3.10. The van der Waals surface area contributed by atoms with Crippen molar-refractivity contribution in [2.45, 2.75) is 24.8 Å². The molecule has 1 aliphatic heterocycles. The zero-order chi connectivity index (χ0) is 19.5. The predicted octanol–water partition coefficient (Wildman–Crippen LogP) is 1.98. The first-order valence-electron chi connectivity index (χ1n) is 8.96. The van der Waals surface area contributed by atoms with Crippen molar-refractivity contribution in [2.24, 2.45) is 11.1 Å². The van der Waals surface area contributed by atoms with Gasteiger partial charge in [0.25, 0.3) is 5.91 Å². The fourth-order valence-corrected chi connectivity index (χ4v) is 4.26. The van der Waals surface area contributed by atoms with Crippen molar-refractivity contribution in [3.05, 3.63) is 65.7 Å². The number of nitrogens with one attached hydrogen (secondary N) is 1. The summed E-state index contributed by atoms with van der Waals surface area (Å²) in [7, 11) is -3.71. The quantitative estimate of drug-likeness (QED) is 0.793. The summed E-state index contributed by atoms with van der Waals surface area (Å²) in [6, 6.07) is 15.5. The standard InChI is InChI=1S/C20H25N3O3S/c1-20(14-21)10-11-23(15-20)19(24)17-8-5-9-18(12-17)27(25,26)22-13-16-6-3-2-4-7-16/h2-9,12,22H,10-11,13-15,21H2,1H3. The molecular formula is C20H25N3O3S. The van der Waals surface area contributed by atoms with Gasteiger partial charge in [-0.05, 0) is 42.1 Å². The number of carbonyl (C=O) groups excluding carboxylic acids is 1. The maximum absolute atomic E-state index is 12.8. The molecule has 2 aromatic rings. The third-order valence-electron chi connectivity index (χ3n) is 5.04. The Labute approximate surface area is 160 Å². The molecule has 0 aliphatic carbocycles. The summed E-state index contributed by atoms with van der Waals surface area (Å²) in [5.74, 6) is -0.160. The molecule has 7 heteroatoms. The fourth-order valence-electron chi connectivity index (χ4n) is 3.20. The maximum Gasteiger partial charge on any atom is 0.253 e. The lowest BCUT2D eigenvalue weighted by Crippen LogP contribution is -2.34. The van der Waals surface area contributed by atoms with Gasteiger partial charge in [0.15, 0.2) is 0 Å². The van der Waals surface area contributed by atoms with Crippen LogP contribution in [0.2, 0.25) is 0 Å². The van der Waals surface area contributed by atoms with Crippen LogP contribution in [0.4, 0.5) is 0 Å². The Morgan fingerprint density at radius 2 is 1.93 bits per heavy atom. The molecule has 1 amide bonds. The minimum atomic E-state index is -3.71. The zero-order valence-corrected chi connectivity index (χ0v) is 16.2. The van der Waals surface area contributed by atoms with Crippen molar-refractivity contribution in [2.75, 3.05) is 19.6 Å². The SMILES string of the molecule is CC1(CN)CCN(C(=O)c2cccc(S(=O)(=O)NCc3ccccc3)c2)C1. The van der Waals surface area contributed by atoms with Crippen LogP contribution in [0.5, 0.6) is 0 Å². The minimum absolute atomic E-state index is 0.0728. The van der Waals surface area contributed by atoms with Crippen molar-refractivity contribution in [1.82, 2.24) is 9.62 Å². The highest BCUT2D eigenvalue weighted by molar-refractivity contribution is 7.89. The molecule has 1 heterocycles. The van der Waals surface area contributed by atoms with Gasteiger partial charge >= 0.3 is 0 Å².